The summed E-state index contributed by atoms with van der Waals surface area (Å²) < 4.78 is 0. The average Bonchev–Trinajstić information content (AvgIpc) is 2.73. The lowest BCUT2D eigenvalue weighted by Gasteiger charge is -2.60. The van der Waals surface area contributed by atoms with Crippen molar-refractivity contribution < 1.29 is 20.4 Å². The lowest BCUT2D eigenvalue weighted by atomic mass is 9.45. The molecule has 4 heteroatoms. The highest BCUT2D eigenvalue weighted by Crippen LogP contribution is 2.65. The van der Waals surface area contributed by atoms with E-state index >= 15 is 0 Å². The highest BCUT2D eigenvalue weighted by Gasteiger charge is 2.63. The lowest BCUT2D eigenvalue weighted by molar-refractivity contribution is -0.151. The third kappa shape index (κ3) is 2.05. The fraction of sp³-hybridized carbons (Fsp3) is 0.895. The van der Waals surface area contributed by atoms with Crippen molar-refractivity contribution >= 4 is 0 Å². The fourth-order valence-corrected chi connectivity index (χ4v) is 6.75. The Labute approximate surface area is 138 Å². The van der Waals surface area contributed by atoms with E-state index in [1.165, 1.54) is 0 Å². The Morgan fingerprint density at radius 3 is 2.39 bits per heavy atom. The summed E-state index contributed by atoms with van der Waals surface area (Å²) in [7, 11) is 0. The third-order valence-electron chi connectivity index (χ3n) is 8.16. The molecule has 0 spiro atoms. The number of allylic oxidation sites excluding steroid dienone is 1. The molecule has 10 atom stereocenters. The van der Waals surface area contributed by atoms with Gasteiger partial charge in [-0.25, -0.2) is 0 Å². The minimum absolute atomic E-state index is 0.0168. The number of aliphatic hydroxyl groups is 4. The molecule has 4 aliphatic rings. The molecule has 0 aromatic heterocycles. The minimum atomic E-state index is -0.671. The van der Waals surface area contributed by atoms with Crippen LogP contribution in [0.25, 0.3) is 0 Å². The van der Waals surface area contributed by atoms with Crippen molar-refractivity contribution in [2.75, 3.05) is 0 Å². The van der Waals surface area contributed by atoms with E-state index in [-0.39, 0.29) is 34.9 Å². The van der Waals surface area contributed by atoms with Crippen molar-refractivity contribution in [2.45, 2.75) is 70.4 Å². The minimum Gasteiger partial charge on any atom is -0.393 e. The van der Waals surface area contributed by atoms with Gasteiger partial charge in [0.2, 0.25) is 0 Å². The maximum Gasteiger partial charge on any atom is 0.0855 e. The van der Waals surface area contributed by atoms with Crippen molar-refractivity contribution in [2.24, 2.45) is 34.5 Å². The van der Waals surface area contributed by atoms with Crippen LogP contribution in [0.15, 0.2) is 12.2 Å². The van der Waals surface area contributed by atoms with Crippen LogP contribution in [0.4, 0.5) is 0 Å². The van der Waals surface area contributed by atoms with E-state index in [0.29, 0.717) is 18.3 Å². The maximum absolute atomic E-state index is 10.9. The van der Waals surface area contributed by atoms with Crippen molar-refractivity contribution in [1.82, 2.24) is 0 Å². The number of hydrogen-bond acceptors (Lipinski definition) is 4. The summed E-state index contributed by atoms with van der Waals surface area (Å²) in [5.74, 6) is 1.01. The average molecular weight is 322 g/mol. The van der Waals surface area contributed by atoms with Crippen LogP contribution >= 0.6 is 0 Å². The van der Waals surface area contributed by atoms with Crippen molar-refractivity contribution in [3.05, 3.63) is 12.2 Å². The van der Waals surface area contributed by atoms with Gasteiger partial charge in [-0.15, -0.1) is 0 Å². The van der Waals surface area contributed by atoms with Crippen LogP contribution in [0.1, 0.15) is 46.0 Å². The Bertz CT molecular complexity index is 519. The van der Waals surface area contributed by atoms with Crippen molar-refractivity contribution in [3.63, 3.8) is 0 Å². The standard InChI is InChI=1S/C19H30O4/c1-18-5-3-11(20)7-10(18)8-14(21)16-12(18)4-6-19(2)13(16)9-15(22)17(19)23/h3,5,10-17,20-23H,4,6-9H2,1-2H3/t10?,11?,12-,13-,14?,15?,16+,17?,18-,19-/m0/s1. The summed E-state index contributed by atoms with van der Waals surface area (Å²) in [6, 6.07) is 0. The third-order valence-corrected chi connectivity index (χ3v) is 8.16. The predicted octanol–water partition coefficient (Wildman–Crippen LogP) is 1.47. The Balaban J connectivity index is 1.72. The Kier molecular flexibility index (Phi) is 3.52. The predicted molar refractivity (Wildman–Crippen MR) is 86.4 cm³/mol. The second kappa shape index (κ2) is 5.04. The zero-order valence-electron chi connectivity index (χ0n) is 14.1. The first kappa shape index (κ1) is 16.1. The number of hydrogen-bond donors (Lipinski definition) is 4. The van der Waals surface area contributed by atoms with Crippen LogP contribution in [0.5, 0.6) is 0 Å². The van der Waals surface area contributed by atoms with Gasteiger partial charge in [0.15, 0.2) is 0 Å². The summed E-state index contributed by atoms with van der Waals surface area (Å²) >= 11 is 0. The van der Waals surface area contributed by atoms with Gasteiger partial charge in [-0.2, -0.15) is 0 Å². The van der Waals surface area contributed by atoms with Crippen LogP contribution in [-0.2, 0) is 0 Å². The molecule has 4 nitrogen and oxygen atoms in total. The maximum atomic E-state index is 10.9. The zero-order valence-corrected chi connectivity index (χ0v) is 14.1. The second-order valence-corrected chi connectivity index (χ2v) is 9.11. The molecule has 0 aromatic carbocycles. The summed E-state index contributed by atoms with van der Waals surface area (Å²) in [6.07, 6.45) is 5.95. The molecular formula is C19H30O4. The number of rotatable bonds is 0. The lowest BCUT2D eigenvalue weighted by Crippen LogP contribution is -2.58. The molecule has 130 valence electrons. The molecule has 0 radical (unpaired) electrons. The van der Waals surface area contributed by atoms with Crippen LogP contribution < -0.4 is 0 Å². The van der Waals surface area contributed by atoms with E-state index in [0.717, 1.165) is 25.7 Å². The molecule has 0 aliphatic heterocycles. The summed E-state index contributed by atoms with van der Waals surface area (Å²) in [4.78, 5) is 0. The molecule has 0 aromatic rings. The molecule has 3 saturated carbocycles. The van der Waals surface area contributed by atoms with E-state index in [2.05, 4.69) is 19.9 Å². The summed E-state index contributed by atoms with van der Waals surface area (Å²) in [5.41, 5.74) is -0.258. The first-order valence-electron chi connectivity index (χ1n) is 9.19. The smallest absolute Gasteiger partial charge is 0.0855 e. The Hall–Kier alpha value is -0.420. The van der Waals surface area contributed by atoms with Gasteiger partial charge in [-0.05, 0) is 66.6 Å². The molecule has 23 heavy (non-hydrogen) atoms. The Morgan fingerprint density at radius 2 is 1.65 bits per heavy atom. The van der Waals surface area contributed by atoms with E-state index in [4.69, 9.17) is 0 Å². The molecule has 0 heterocycles. The van der Waals surface area contributed by atoms with Gasteiger partial charge < -0.3 is 20.4 Å². The van der Waals surface area contributed by atoms with Crippen molar-refractivity contribution in [1.29, 1.82) is 0 Å². The van der Waals surface area contributed by atoms with Gasteiger partial charge in [0, 0.05) is 0 Å². The first-order chi connectivity index (χ1) is 10.8. The SMILES string of the molecule is C[C@]12C=CC(O)CC1CC(O)[C@@H]1[C@@H]2CC[C@]2(C)C(O)C(O)C[C@@H]12. The van der Waals surface area contributed by atoms with Gasteiger partial charge in [0.25, 0.3) is 0 Å². The molecule has 0 saturated heterocycles. The number of fused-ring (bicyclic) bond motifs is 5. The largest absolute Gasteiger partial charge is 0.393 e. The van der Waals surface area contributed by atoms with E-state index < -0.39 is 12.2 Å². The zero-order chi connectivity index (χ0) is 16.6. The van der Waals surface area contributed by atoms with Crippen LogP contribution in [0, 0.1) is 34.5 Å². The van der Waals surface area contributed by atoms with Gasteiger partial charge in [0.05, 0.1) is 24.4 Å². The van der Waals surface area contributed by atoms with Gasteiger partial charge in [0.1, 0.15) is 0 Å². The quantitative estimate of drug-likeness (QED) is 0.509. The molecule has 3 fully saturated rings. The molecule has 4 rings (SSSR count). The van der Waals surface area contributed by atoms with E-state index in [1.807, 2.05) is 6.08 Å². The summed E-state index contributed by atoms with van der Waals surface area (Å²) in [6.45, 7) is 4.38. The molecule has 4 N–H and O–H groups in total. The summed E-state index contributed by atoms with van der Waals surface area (Å²) in [5, 5.41) is 41.6. The Morgan fingerprint density at radius 1 is 0.913 bits per heavy atom. The van der Waals surface area contributed by atoms with Crippen molar-refractivity contribution in [3.8, 4) is 0 Å². The van der Waals surface area contributed by atoms with Gasteiger partial charge >= 0.3 is 0 Å². The van der Waals surface area contributed by atoms with Crippen LogP contribution in [0.2, 0.25) is 0 Å². The monoisotopic (exact) mass is 322 g/mol. The topological polar surface area (TPSA) is 80.9 Å². The molecule has 5 unspecified atom stereocenters. The molecular weight excluding hydrogens is 292 g/mol. The number of aliphatic hydroxyl groups excluding tert-OH is 4. The normalized spacial score (nSPS) is 61.7. The molecule has 4 aliphatic carbocycles. The van der Waals surface area contributed by atoms with E-state index in [9.17, 15) is 20.4 Å². The second-order valence-electron chi connectivity index (χ2n) is 9.11. The van der Waals surface area contributed by atoms with Crippen LogP contribution in [0.3, 0.4) is 0 Å². The molecule has 0 amide bonds. The highest BCUT2D eigenvalue weighted by atomic mass is 16.3. The molecule has 0 bridgehead atoms. The highest BCUT2D eigenvalue weighted by molar-refractivity contribution is 5.19. The first-order valence-corrected chi connectivity index (χ1v) is 9.19. The van der Waals surface area contributed by atoms with Crippen LogP contribution in [-0.4, -0.2) is 44.8 Å². The van der Waals surface area contributed by atoms with E-state index in [1.54, 1.807) is 0 Å². The fourth-order valence-electron chi connectivity index (χ4n) is 6.75. The van der Waals surface area contributed by atoms with Gasteiger partial charge in [-0.1, -0.05) is 26.0 Å². The van der Waals surface area contributed by atoms with Gasteiger partial charge in [-0.3, -0.25) is 0 Å².